The highest BCUT2D eigenvalue weighted by molar-refractivity contribution is 5.94. The molecule has 0 aliphatic heterocycles. The normalized spacial score (nSPS) is 12.5. The maximum atomic E-state index is 12.6. The van der Waals surface area contributed by atoms with E-state index in [0.29, 0.717) is 5.75 Å². The van der Waals surface area contributed by atoms with Gasteiger partial charge in [0.2, 0.25) is 5.88 Å². The highest BCUT2D eigenvalue weighted by Gasteiger charge is 2.23. The molecule has 148 valence electrons. The summed E-state index contributed by atoms with van der Waals surface area (Å²) >= 11 is 0. The van der Waals surface area contributed by atoms with Crippen molar-refractivity contribution >= 4 is 11.9 Å². The topological polar surface area (TPSA) is 77.5 Å². The third kappa shape index (κ3) is 5.42. The Bertz CT molecular complexity index is 961. The average Bonchev–Trinajstić information content (AvgIpc) is 2.75. The number of aromatic nitrogens is 1. The predicted molar refractivity (Wildman–Crippen MR) is 109 cm³/mol. The first-order chi connectivity index (χ1) is 14.0. The molecule has 0 bridgehead atoms. The Morgan fingerprint density at radius 2 is 1.55 bits per heavy atom. The van der Waals surface area contributed by atoms with E-state index in [4.69, 9.17) is 9.47 Å². The molecule has 1 N–H and O–H groups in total. The maximum Gasteiger partial charge on any atom is 0.344 e. The van der Waals surface area contributed by atoms with Crippen molar-refractivity contribution in [2.75, 3.05) is 0 Å². The third-order valence-corrected chi connectivity index (χ3v) is 4.26. The van der Waals surface area contributed by atoms with Crippen LogP contribution in [0.4, 0.5) is 0 Å². The van der Waals surface area contributed by atoms with E-state index in [1.54, 1.807) is 24.3 Å². The number of nitrogens with zero attached hydrogens (tertiary/aromatic N) is 1. The fourth-order valence-corrected chi connectivity index (χ4v) is 2.66. The van der Waals surface area contributed by atoms with Crippen LogP contribution < -0.4 is 10.1 Å². The number of benzene rings is 2. The van der Waals surface area contributed by atoms with E-state index in [2.05, 4.69) is 10.3 Å². The zero-order chi connectivity index (χ0) is 20.6. The van der Waals surface area contributed by atoms with Gasteiger partial charge in [-0.1, -0.05) is 48.5 Å². The molecule has 0 spiro atoms. The second-order valence-corrected chi connectivity index (χ2v) is 6.46. The second kappa shape index (κ2) is 9.50. The lowest BCUT2D eigenvalue weighted by molar-refractivity contribution is -0.129. The number of amides is 1. The van der Waals surface area contributed by atoms with Crippen molar-refractivity contribution in [3.63, 3.8) is 0 Å². The number of rotatable bonds is 7. The number of ether oxygens (including phenoxy) is 2. The molecule has 3 rings (SSSR count). The fourth-order valence-electron chi connectivity index (χ4n) is 2.66. The largest absolute Gasteiger partial charge is 0.449 e. The Hall–Kier alpha value is -3.67. The van der Waals surface area contributed by atoms with E-state index in [1.165, 1.54) is 13.1 Å². The summed E-state index contributed by atoms with van der Waals surface area (Å²) in [7, 11) is 0. The summed E-state index contributed by atoms with van der Waals surface area (Å²) in [6, 6.07) is 21.5. The Morgan fingerprint density at radius 1 is 0.897 bits per heavy atom. The van der Waals surface area contributed by atoms with E-state index >= 15 is 0 Å². The lowest BCUT2D eigenvalue weighted by Crippen LogP contribution is -2.37. The molecule has 1 amide bonds. The quantitative estimate of drug-likeness (QED) is 0.609. The number of esters is 1. The highest BCUT2D eigenvalue weighted by atomic mass is 16.6. The second-order valence-electron chi connectivity index (χ2n) is 6.46. The molecule has 1 heterocycles. The van der Waals surface area contributed by atoms with Gasteiger partial charge in [0.15, 0.2) is 6.10 Å². The van der Waals surface area contributed by atoms with Crippen molar-refractivity contribution in [2.24, 2.45) is 0 Å². The molecule has 0 saturated heterocycles. The highest BCUT2D eigenvalue weighted by Crippen LogP contribution is 2.23. The number of carbonyl (C=O) groups excluding carboxylic acids is 2. The van der Waals surface area contributed by atoms with Gasteiger partial charge in [-0.2, -0.15) is 0 Å². The van der Waals surface area contributed by atoms with E-state index < -0.39 is 12.1 Å². The lowest BCUT2D eigenvalue weighted by Gasteiger charge is -2.18. The summed E-state index contributed by atoms with van der Waals surface area (Å²) in [6.07, 6.45) is 0.547. The number of pyridine rings is 1. The van der Waals surface area contributed by atoms with Crippen molar-refractivity contribution in [1.29, 1.82) is 0 Å². The molecule has 3 aromatic rings. The fraction of sp³-hybridized carbons (Fsp3) is 0.174. The van der Waals surface area contributed by atoms with E-state index in [9.17, 15) is 9.59 Å². The van der Waals surface area contributed by atoms with Crippen LogP contribution in [0.5, 0.6) is 11.6 Å². The molecule has 6 heteroatoms. The average molecular weight is 390 g/mol. The van der Waals surface area contributed by atoms with Crippen LogP contribution in [0.25, 0.3) is 0 Å². The van der Waals surface area contributed by atoms with Gasteiger partial charge in [-0.05, 0) is 43.7 Å². The monoisotopic (exact) mass is 390 g/mol. The molecule has 1 aromatic heterocycles. The minimum atomic E-state index is -0.974. The van der Waals surface area contributed by atoms with Crippen LogP contribution in [0.3, 0.4) is 0 Å². The van der Waals surface area contributed by atoms with Gasteiger partial charge in [-0.25, -0.2) is 9.78 Å². The third-order valence-electron chi connectivity index (χ3n) is 4.26. The maximum absolute atomic E-state index is 12.6. The van der Waals surface area contributed by atoms with Gasteiger partial charge in [0.25, 0.3) is 5.91 Å². The zero-order valence-corrected chi connectivity index (χ0v) is 16.2. The predicted octanol–water partition coefficient (Wildman–Crippen LogP) is 4.30. The van der Waals surface area contributed by atoms with Crippen LogP contribution in [-0.4, -0.2) is 23.0 Å². The standard InChI is InChI=1S/C23H22N2O4/c1-16(18-10-5-3-6-11-18)25-21(26)17(2)28-23(27)20-14-9-15-24-22(20)29-19-12-7-4-8-13-19/h3-17H,1-2H3,(H,25,26). The Labute approximate surface area is 169 Å². The molecular weight excluding hydrogens is 368 g/mol. The number of hydrogen-bond donors (Lipinski definition) is 1. The van der Waals surface area contributed by atoms with Crippen molar-refractivity contribution < 1.29 is 19.1 Å². The minimum Gasteiger partial charge on any atom is -0.449 e. The van der Waals surface area contributed by atoms with Gasteiger partial charge in [0, 0.05) is 6.20 Å². The van der Waals surface area contributed by atoms with Gasteiger partial charge in [-0.15, -0.1) is 0 Å². The van der Waals surface area contributed by atoms with Crippen LogP contribution in [-0.2, 0) is 9.53 Å². The summed E-state index contributed by atoms with van der Waals surface area (Å²) in [5.41, 5.74) is 1.11. The summed E-state index contributed by atoms with van der Waals surface area (Å²) in [4.78, 5) is 29.2. The van der Waals surface area contributed by atoms with E-state index in [0.717, 1.165) is 5.56 Å². The molecule has 0 fully saturated rings. The number of carbonyl (C=O) groups is 2. The first-order valence-corrected chi connectivity index (χ1v) is 9.29. The molecule has 0 aliphatic carbocycles. The van der Waals surface area contributed by atoms with Crippen LogP contribution >= 0.6 is 0 Å². The van der Waals surface area contributed by atoms with Crippen LogP contribution in [0.1, 0.15) is 35.8 Å². The van der Waals surface area contributed by atoms with Gasteiger partial charge in [0.05, 0.1) is 6.04 Å². The van der Waals surface area contributed by atoms with Crippen molar-refractivity contribution in [3.05, 3.63) is 90.1 Å². The molecule has 29 heavy (non-hydrogen) atoms. The first kappa shape index (κ1) is 20.1. The van der Waals surface area contributed by atoms with Crippen LogP contribution in [0.2, 0.25) is 0 Å². The van der Waals surface area contributed by atoms with Crippen molar-refractivity contribution in [3.8, 4) is 11.6 Å². The molecule has 6 nitrogen and oxygen atoms in total. The molecular formula is C23H22N2O4. The number of para-hydroxylation sites is 1. The molecule has 2 aromatic carbocycles. The van der Waals surface area contributed by atoms with E-state index in [-0.39, 0.29) is 23.4 Å². The summed E-state index contributed by atoms with van der Waals surface area (Å²) in [5.74, 6) is -0.403. The van der Waals surface area contributed by atoms with E-state index in [1.807, 2.05) is 55.5 Å². The smallest absolute Gasteiger partial charge is 0.344 e. The number of hydrogen-bond acceptors (Lipinski definition) is 5. The Morgan fingerprint density at radius 3 is 2.24 bits per heavy atom. The zero-order valence-electron chi connectivity index (χ0n) is 16.2. The van der Waals surface area contributed by atoms with Crippen molar-refractivity contribution in [1.82, 2.24) is 10.3 Å². The van der Waals surface area contributed by atoms with Gasteiger partial charge in [0.1, 0.15) is 11.3 Å². The molecule has 0 aliphatic rings. The number of nitrogens with one attached hydrogen (secondary N) is 1. The minimum absolute atomic E-state index is 0.119. The van der Waals surface area contributed by atoms with Gasteiger partial charge < -0.3 is 14.8 Å². The summed E-state index contributed by atoms with van der Waals surface area (Å²) in [6.45, 7) is 3.40. The summed E-state index contributed by atoms with van der Waals surface area (Å²) < 4.78 is 11.0. The summed E-state index contributed by atoms with van der Waals surface area (Å²) in [5, 5.41) is 2.84. The van der Waals surface area contributed by atoms with Crippen molar-refractivity contribution in [2.45, 2.75) is 26.0 Å². The molecule has 0 saturated carbocycles. The lowest BCUT2D eigenvalue weighted by atomic mass is 10.1. The van der Waals surface area contributed by atoms with Gasteiger partial charge in [-0.3, -0.25) is 4.79 Å². The van der Waals surface area contributed by atoms with Crippen LogP contribution in [0, 0.1) is 0 Å². The Balaban J connectivity index is 1.64. The molecule has 2 atom stereocenters. The first-order valence-electron chi connectivity index (χ1n) is 9.29. The molecule has 2 unspecified atom stereocenters. The van der Waals surface area contributed by atoms with Crippen LogP contribution in [0.15, 0.2) is 79.0 Å². The SMILES string of the molecule is CC(OC(=O)c1cccnc1Oc1ccccc1)C(=O)NC(C)c1ccccc1. The Kier molecular flexibility index (Phi) is 6.58. The molecule has 0 radical (unpaired) electrons. The van der Waals surface area contributed by atoms with Gasteiger partial charge >= 0.3 is 5.97 Å².